The largest absolute Gasteiger partial charge is 0.334 e. The van der Waals surface area contributed by atoms with Gasteiger partial charge in [-0.2, -0.15) is 0 Å². The van der Waals surface area contributed by atoms with Gasteiger partial charge in [0.2, 0.25) is 0 Å². The molecule has 1 aliphatic heterocycles. The van der Waals surface area contributed by atoms with Crippen LogP contribution < -0.4 is 16.7 Å². The van der Waals surface area contributed by atoms with Gasteiger partial charge < -0.3 is 4.57 Å². The SMILES string of the molecule is CCCCCCCCCCCCn1c2cc(=O)ccc-2cc2c(=O)n(-c3ccccc3)c(=O)[nH]c21. The van der Waals surface area contributed by atoms with Crippen LogP contribution in [0.2, 0.25) is 0 Å². The number of aromatic nitrogens is 3. The number of fused-ring (bicyclic) bond motifs is 2. The van der Waals surface area contributed by atoms with Crippen LogP contribution >= 0.6 is 0 Å². The molecule has 6 nitrogen and oxygen atoms in total. The monoisotopic (exact) mass is 473 g/mol. The Morgan fingerprint density at radius 2 is 1.40 bits per heavy atom. The number of aryl methyl sites for hydroxylation is 1. The summed E-state index contributed by atoms with van der Waals surface area (Å²) in [6.45, 7) is 2.88. The normalized spacial score (nSPS) is 11.5. The van der Waals surface area contributed by atoms with Crippen molar-refractivity contribution < 1.29 is 0 Å². The summed E-state index contributed by atoms with van der Waals surface area (Å²) in [6, 6.07) is 15.6. The molecule has 6 heteroatoms. The number of rotatable bonds is 12. The van der Waals surface area contributed by atoms with E-state index < -0.39 is 5.69 Å². The Balaban J connectivity index is 1.58. The third kappa shape index (κ3) is 5.81. The summed E-state index contributed by atoms with van der Waals surface area (Å²) < 4.78 is 3.11. The van der Waals surface area contributed by atoms with Gasteiger partial charge in [-0.1, -0.05) is 82.9 Å². The second-order valence-corrected chi connectivity index (χ2v) is 9.37. The van der Waals surface area contributed by atoms with Crippen LogP contribution in [0.4, 0.5) is 0 Å². The fourth-order valence-electron chi connectivity index (χ4n) is 4.84. The molecule has 184 valence electrons. The van der Waals surface area contributed by atoms with Crippen LogP contribution in [0.5, 0.6) is 0 Å². The molecule has 2 aliphatic rings. The first kappa shape index (κ1) is 24.7. The fraction of sp³-hybridized carbons (Fsp3) is 0.414. The van der Waals surface area contributed by atoms with E-state index in [0.29, 0.717) is 23.3 Å². The number of nitrogens with zero attached hydrogens (tertiary/aromatic N) is 2. The van der Waals surface area contributed by atoms with Crippen molar-refractivity contribution in [3.05, 3.63) is 85.7 Å². The van der Waals surface area contributed by atoms with Crippen LogP contribution in [0.1, 0.15) is 71.1 Å². The third-order valence-electron chi connectivity index (χ3n) is 6.73. The first-order valence-corrected chi connectivity index (χ1v) is 13.0. The maximum atomic E-state index is 13.4. The minimum Gasteiger partial charge on any atom is -0.326 e. The van der Waals surface area contributed by atoms with Crippen molar-refractivity contribution in [1.82, 2.24) is 14.1 Å². The molecule has 0 amide bonds. The number of pyridine rings is 1. The van der Waals surface area contributed by atoms with Gasteiger partial charge >= 0.3 is 5.69 Å². The van der Waals surface area contributed by atoms with Crippen molar-refractivity contribution in [3.8, 4) is 16.9 Å². The van der Waals surface area contributed by atoms with Gasteiger partial charge in [0, 0.05) is 12.6 Å². The molecule has 1 aromatic heterocycles. The van der Waals surface area contributed by atoms with Crippen LogP contribution in [-0.4, -0.2) is 14.1 Å². The van der Waals surface area contributed by atoms with Crippen LogP contribution in [0.25, 0.3) is 28.0 Å². The number of unbranched alkanes of at least 4 members (excludes halogenated alkanes) is 9. The van der Waals surface area contributed by atoms with E-state index in [1.165, 1.54) is 62.0 Å². The van der Waals surface area contributed by atoms with E-state index >= 15 is 0 Å². The zero-order chi connectivity index (χ0) is 24.6. The number of hydrogen-bond donors (Lipinski definition) is 1. The van der Waals surface area contributed by atoms with Gasteiger partial charge in [0.25, 0.3) is 5.56 Å². The lowest BCUT2D eigenvalue weighted by Crippen LogP contribution is -2.35. The Kier molecular flexibility index (Phi) is 8.35. The molecule has 35 heavy (non-hydrogen) atoms. The number of para-hydroxylation sites is 1. The number of H-pyrrole nitrogens is 1. The number of nitrogens with one attached hydrogen (secondary N) is 1. The first-order chi connectivity index (χ1) is 17.1. The van der Waals surface area contributed by atoms with Crippen molar-refractivity contribution in [1.29, 1.82) is 0 Å². The molecule has 0 saturated carbocycles. The highest BCUT2D eigenvalue weighted by atomic mass is 16.2. The number of hydrogen-bond acceptors (Lipinski definition) is 3. The summed E-state index contributed by atoms with van der Waals surface area (Å²) in [7, 11) is 0. The Morgan fingerprint density at radius 1 is 0.743 bits per heavy atom. The van der Waals surface area contributed by atoms with E-state index in [9.17, 15) is 14.4 Å². The van der Waals surface area contributed by atoms with E-state index in [-0.39, 0.29) is 11.0 Å². The van der Waals surface area contributed by atoms with Gasteiger partial charge in [-0.3, -0.25) is 14.6 Å². The molecule has 2 aromatic rings. The molecule has 1 N–H and O–H groups in total. The highest BCUT2D eigenvalue weighted by molar-refractivity contribution is 5.83. The molecule has 2 heterocycles. The average Bonchev–Trinajstić information content (AvgIpc) is 2.86. The van der Waals surface area contributed by atoms with Gasteiger partial charge in [-0.25, -0.2) is 9.36 Å². The second kappa shape index (κ2) is 11.8. The predicted molar refractivity (Wildman–Crippen MR) is 143 cm³/mol. The molecule has 0 saturated heterocycles. The van der Waals surface area contributed by atoms with E-state index in [0.717, 1.165) is 24.1 Å². The fourth-order valence-corrected chi connectivity index (χ4v) is 4.84. The summed E-state index contributed by atoms with van der Waals surface area (Å²) in [4.78, 5) is 41.5. The summed E-state index contributed by atoms with van der Waals surface area (Å²) >= 11 is 0. The number of aromatic amines is 1. The van der Waals surface area contributed by atoms with E-state index in [1.807, 2.05) is 10.6 Å². The quantitative estimate of drug-likeness (QED) is 0.207. The Labute approximate surface area is 205 Å². The van der Waals surface area contributed by atoms with Crippen molar-refractivity contribution in [2.75, 3.05) is 0 Å². The molecule has 0 fully saturated rings. The van der Waals surface area contributed by atoms with Gasteiger partial charge in [-0.15, -0.1) is 0 Å². The third-order valence-corrected chi connectivity index (χ3v) is 6.73. The van der Waals surface area contributed by atoms with E-state index in [1.54, 1.807) is 42.5 Å². The minimum atomic E-state index is -0.483. The zero-order valence-corrected chi connectivity index (χ0v) is 20.6. The van der Waals surface area contributed by atoms with Crippen molar-refractivity contribution in [2.24, 2.45) is 0 Å². The van der Waals surface area contributed by atoms with Gasteiger partial charge in [-0.05, 0) is 42.3 Å². The highest BCUT2D eigenvalue weighted by Gasteiger charge is 2.17. The van der Waals surface area contributed by atoms with Crippen LogP contribution in [0, 0.1) is 0 Å². The maximum absolute atomic E-state index is 13.4. The summed E-state index contributed by atoms with van der Waals surface area (Å²) in [5, 5.41) is 0.437. The minimum absolute atomic E-state index is 0.0892. The lowest BCUT2D eigenvalue weighted by molar-refractivity contribution is 0.538. The van der Waals surface area contributed by atoms with Crippen LogP contribution in [-0.2, 0) is 6.54 Å². The lowest BCUT2D eigenvalue weighted by atomic mass is 10.1. The maximum Gasteiger partial charge on any atom is 0.334 e. The van der Waals surface area contributed by atoms with E-state index in [2.05, 4.69) is 11.9 Å². The van der Waals surface area contributed by atoms with Crippen molar-refractivity contribution in [3.63, 3.8) is 0 Å². The predicted octanol–water partition coefficient (Wildman–Crippen LogP) is 5.87. The van der Waals surface area contributed by atoms with E-state index in [4.69, 9.17) is 0 Å². The molecule has 0 unspecified atom stereocenters. The lowest BCUT2D eigenvalue weighted by Gasteiger charge is -2.19. The van der Waals surface area contributed by atoms with Gasteiger partial charge in [0.15, 0.2) is 5.43 Å². The molecule has 0 radical (unpaired) electrons. The van der Waals surface area contributed by atoms with Gasteiger partial charge in [0.05, 0.1) is 16.8 Å². The molecule has 0 atom stereocenters. The molecule has 0 spiro atoms. The second-order valence-electron chi connectivity index (χ2n) is 9.37. The molecule has 1 aliphatic carbocycles. The Morgan fingerprint density at radius 3 is 2.09 bits per heavy atom. The van der Waals surface area contributed by atoms with Crippen molar-refractivity contribution in [2.45, 2.75) is 77.7 Å². The first-order valence-electron chi connectivity index (χ1n) is 13.0. The summed E-state index contributed by atoms with van der Waals surface area (Å²) in [5.41, 5.74) is 1.62. The standard InChI is InChI=1S/C29H35N3O3/c1-2-3-4-5-6-7-8-9-10-14-19-31-26-21-24(33)18-17-22(26)20-25-27(31)30-29(35)32(28(25)34)23-15-12-11-13-16-23/h11-13,15-18,20-21H,2-10,14,19H2,1H3,(H,30,35). The molecule has 4 rings (SSSR count). The molecular formula is C29H35N3O3. The van der Waals surface area contributed by atoms with Gasteiger partial charge in [0.1, 0.15) is 5.65 Å². The summed E-state index contributed by atoms with van der Waals surface area (Å²) in [5.74, 6) is 0. The molecule has 1 aromatic carbocycles. The Hall–Kier alpha value is -3.41. The number of benzene rings is 2. The highest BCUT2D eigenvalue weighted by Crippen LogP contribution is 2.25. The topological polar surface area (TPSA) is 76.9 Å². The summed E-state index contributed by atoms with van der Waals surface area (Å²) in [6.07, 6.45) is 12.3. The zero-order valence-electron chi connectivity index (χ0n) is 20.6. The van der Waals surface area contributed by atoms with Crippen LogP contribution in [0.15, 0.2) is 69.0 Å². The van der Waals surface area contributed by atoms with Crippen LogP contribution in [0.3, 0.4) is 0 Å². The molecular weight excluding hydrogens is 438 g/mol. The average molecular weight is 474 g/mol. The smallest absolute Gasteiger partial charge is 0.326 e. The Bertz CT molecular complexity index is 1400. The van der Waals surface area contributed by atoms with Crippen molar-refractivity contribution >= 4 is 11.0 Å². The molecule has 0 bridgehead atoms.